The zero-order chi connectivity index (χ0) is 16.8. The lowest BCUT2D eigenvalue weighted by Crippen LogP contribution is -2.27. The Morgan fingerprint density at radius 2 is 1.96 bits per heavy atom. The smallest absolute Gasteiger partial charge is 0.267 e. The van der Waals surface area contributed by atoms with Gasteiger partial charge in [0.15, 0.2) is 5.17 Å². The van der Waals surface area contributed by atoms with Crippen molar-refractivity contribution < 1.29 is 4.79 Å². The van der Waals surface area contributed by atoms with Gasteiger partial charge in [-0.1, -0.05) is 32.5 Å². The predicted molar refractivity (Wildman–Crippen MR) is 97.8 cm³/mol. The van der Waals surface area contributed by atoms with E-state index in [1.165, 1.54) is 11.3 Å². The molecule has 0 saturated carbocycles. The van der Waals surface area contributed by atoms with Crippen LogP contribution in [0.15, 0.2) is 4.99 Å². The highest BCUT2D eigenvalue weighted by Gasteiger charge is 2.24. The van der Waals surface area contributed by atoms with Crippen LogP contribution in [0.25, 0.3) is 10.2 Å². The Bertz CT molecular complexity index is 818. The molecule has 0 radical (unpaired) electrons. The van der Waals surface area contributed by atoms with E-state index in [1.807, 2.05) is 13.8 Å². The fraction of sp³-hybridized carbons (Fsp3) is 0.500. The van der Waals surface area contributed by atoms with Crippen molar-refractivity contribution in [3.63, 3.8) is 0 Å². The van der Waals surface area contributed by atoms with Crippen molar-refractivity contribution in [2.45, 2.75) is 40.0 Å². The van der Waals surface area contributed by atoms with E-state index in [0.29, 0.717) is 10.0 Å². The molecule has 2 aromatic rings. The number of hydrogen-bond acceptors (Lipinski definition) is 6. The third-order valence-corrected chi connectivity index (χ3v) is 5.73. The van der Waals surface area contributed by atoms with Crippen molar-refractivity contribution >= 4 is 44.4 Å². The van der Waals surface area contributed by atoms with E-state index >= 15 is 0 Å². The van der Waals surface area contributed by atoms with E-state index in [1.54, 1.807) is 11.8 Å². The second-order valence-electron chi connectivity index (χ2n) is 6.61. The number of thiophene rings is 1. The van der Waals surface area contributed by atoms with Gasteiger partial charge < -0.3 is 5.32 Å². The average molecular weight is 348 g/mol. The minimum atomic E-state index is -0.117. The molecular formula is C16H20N4OS2. The maximum Gasteiger partial charge on any atom is 0.267 e. The van der Waals surface area contributed by atoms with Crippen molar-refractivity contribution in [1.29, 1.82) is 0 Å². The molecule has 0 saturated heterocycles. The SMILES string of the molecule is Cc1nc(C(C)(C)C)nc2sc(C(=O)NC3=NCCS3)c(C)c12. The molecule has 0 bridgehead atoms. The first-order chi connectivity index (χ1) is 10.8. The molecule has 23 heavy (non-hydrogen) atoms. The molecule has 0 unspecified atom stereocenters. The van der Waals surface area contributed by atoms with Gasteiger partial charge in [0, 0.05) is 16.6 Å². The fourth-order valence-corrected chi connectivity index (χ4v) is 4.31. The van der Waals surface area contributed by atoms with Gasteiger partial charge >= 0.3 is 0 Å². The van der Waals surface area contributed by atoms with Crippen molar-refractivity contribution in [2.24, 2.45) is 4.99 Å². The van der Waals surface area contributed by atoms with Crippen molar-refractivity contribution in [3.05, 3.63) is 22.0 Å². The minimum Gasteiger partial charge on any atom is -0.301 e. The van der Waals surface area contributed by atoms with Gasteiger partial charge in [-0.3, -0.25) is 9.79 Å². The van der Waals surface area contributed by atoms with E-state index < -0.39 is 0 Å². The van der Waals surface area contributed by atoms with Crippen molar-refractivity contribution in [2.75, 3.05) is 12.3 Å². The van der Waals surface area contributed by atoms with Gasteiger partial charge in [0.2, 0.25) is 0 Å². The Labute approximate surface area is 144 Å². The van der Waals surface area contributed by atoms with Crippen LogP contribution in [0.5, 0.6) is 0 Å². The van der Waals surface area contributed by atoms with E-state index in [2.05, 4.69) is 36.1 Å². The number of aryl methyl sites for hydroxylation is 2. The lowest BCUT2D eigenvalue weighted by Gasteiger charge is -2.16. The second-order valence-corrected chi connectivity index (χ2v) is 8.69. The number of aromatic nitrogens is 2. The third kappa shape index (κ3) is 3.12. The molecule has 0 atom stereocenters. The maximum atomic E-state index is 12.5. The molecule has 0 aromatic carbocycles. The third-order valence-electron chi connectivity index (χ3n) is 3.65. The Morgan fingerprint density at radius 1 is 1.22 bits per heavy atom. The zero-order valence-electron chi connectivity index (χ0n) is 14.0. The fourth-order valence-electron chi connectivity index (χ4n) is 2.46. The van der Waals surface area contributed by atoms with Gasteiger partial charge in [-0.05, 0) is 19.4 Å². The van der Waals surface area contributed by atoms with E-state index in [-0.39, 0.29) is 11.3 Å². The number of aliphatic imine (C=N–C) groups is 1. The molecule has 0 aliphatic carbocycles. The highest BCUT2D eigenvalue weighted by atomic mass is 32.2. The van der Waals surface area contributed by atoms with Crippen LogP contribution in [0.1, 0.15) is 47.5 Å². The van der Waals surface area contributed by atoms with Crippen LogP contribution in [0, 0.1) is 13.8 Å². The molecule has 122 valence electrons. The second kappa shape index (κ2) is 5.87. The average Bonchev–Trinajstić information content (AvgIpc) is 3.06. The van der Waals surface area contributed by atoms with Gasteiger partial charge in [-0.25, -0.2) is 9.97 Å². The van der Waals surface area contributed by atoms with E-state index in [4.69, 9.17) is 4.98 Å². The maximum absolute atomic E-state index is 12.5. The van der Waals surface area contributed by atoms with Gasteiger partial charge in [-0.15, -0.1) is 11.3 Å². The summed E-state index contributed by atoms with van der Waals surface area (Å²) in [5.74, 6) is 1.64. The molecule has 1 aliphatic heterocycles. The van der Waals surface area contributed by atoms with Gasteiger partial charge in [0.25, 0.3) is 5.91 Å². The first-order valence-corrected chi connectivity index (χ1v) is 9.34. The highest BCUT2D eigenvalue weighted by molar-refractivity contribution is 8.14. The number of carbonyl (C=O) groups excluding carboxylic acids is 1. The summed E-state index contributed by atoms with van der Waals surface area (Å²) in [6, 6.07) is 0. The van der Waals surface area contributed by atoms with Crippen LogP contribution >= 0.6 is 23.1 Å². The number of amidine groups is 1. The molecule has 1 N–H and O–H groups in total. The summed E-state index contributed by atoms with van der Waals surface area (Å²) in [4.78, 5) is 27.7. The summed E-state index contributed by atoms with van der Waals surface area (Å²) in [5.41, 5.74) is 1.76. The molecule has 3 rings (SSSR count). The minimum absolute atomic E-state index is 0.102. The Kier molecular flexibility index (Phi) is 4.18. The number of thioether (sulfide) groups is 1. The number of carbonyl (C=O) groups is 1. The molecule has 0 fully saturated rings. The lowest BCUT2D eigenvalue weighted by molar-refractivity contribution is 0.0981. The van der Waals surface area contributed by atoms with E-state index in [0.717, 1.165) is 39.6 Å². The Hall–Kier alpha value is -1.47. The van der Waals surface area contributed by atoms with Gasteiger partial charge in [0.1, 0.15) is 10.7 Å². The molecule has 1 amide bonds. The summed E-state index contributed by atoms with van der Waals surface area (Å²) in [7, 11) is 0. The van der Waals surface area contributed by atoms with Crippen LogP contribution in [0.2, 0.25) is 0 Å². The predicted octanol–water partition coefficient (Wildman–Crippen LogP) is 3.44. The topological polar surface area (TPSA) is 67.2 Å². The van der Waals surface area contributed by atoms with E-state index in [9.17, 15) is 4.79 Å². The molecular weight excluding hydrogens is 328 g/mol. The summed E-state index contributed by atoms with van der Waals surface area (Å²) in [6.07, 6.45) is 0. The normalized spacial score (nSPS) is 15.1. The van der Waals surface area contributed by atoms with Gasteiger partial charge in [-0.2, -0.15) is 0 Å². The summed E-state index contributed by atoms with van der Waals surface area (Å²) in [6.45, 7) is 11.0. The van der Waals surface area contributed by atoms with Gasteiger partial charge in [0.05, 0.1) is 17.1 Å². The number of nitrogens with one attached hydrogen (secondary N) is 1. The Morgan fingerprint density at radius 3 is 2.57 bits per heavy atom. The number of hydrogen-bond donors (Lipinski definition) is 1. The lowest BCUT2D eigenvalue weighted by atomic mass is 9.95. The molecule has 7 heteroatoms. The standard InChI is InChI=1S/C16H20N4OS2/c1-8-10-9(2)18-14(16(3,4)5)20-13(10)23-11(8)12(21)19-15-17-6-7-22-15/h6-7H2,1-5H3,(H,17,19,21). The van der Waals surface area contributed by atoms with Crippen molar-refractivity contribution in [1.82, 2.24) is 15.3 Å². The summed E-state index contributed by atoms with van der Waals surface area (Å²) < 4.78 is 0. The molecule has 3 heterocycles. The number of rotatable bonds is 1. The number of amides is 1. The van der Waals surface area contributed by atoms with Crippen LogP contribution in [0.4, 0.5) is 0 Å². The zero-order valence-corrected chi connectivity index (χ0v) is 15.6. The van der Waals surface area contributed by atoms with Crippen molar-refractivity contribution in [3.8, 4) is 0 Å². The largest absolute Gasteiger partial charge is 0.301 e. The van der Waals surface area contributed by atoms with Crippen LogP contribution in [-0.4, -0.2) is 33.3 Å². The molecule has 2 aromatic heterocycles. The van der Waals surface area contributed by atoms with Crippen LogP contribution in [0.3, 0.4) is 0 Å². The number of fused-ring (bicyclic) bond motifs is 1. The molecule has 0 spiro atoms. The number of nitrogens with zero attached hydrogens (tertiary/aromatic N) is 3. The highest BCUT2D eigenvalue weighted by Crippen LogP contribution is 2.33. The Balaban J connectivity index is 2.03. The quantitative estimate of drug-likeness (QED) is 0.857. The van der Waals surface area contributed by atoms with Crippen LogP contribution in [-0.2, 0) is 5.41 Å². The molecule has 5 nitrogen and oxygen atoms in total. The first kappa shape index (κ1) is 16.4. The summed E-state index contributed by atoms with van der Waals surface area (Å²) >= 11 is 3.01. The monoisotopic (exact) mass is 348 g/mol. The molecule has 1 aliphatic rings. The summed E-state index contributed by atoms with van der Waals surface area (Å²) in [5, 5.41) is 4.61. The first-order valence-electron chi connectivity index (χ1n) is 7.54. The van der Waals surface area contributed by atoms with Crippen LogP contribution < -0.4 is 5.32 Å².